The average Bonchev–Trinajstić information content (AvgIpc) is 2.47. The van der Waals surface area contributed by atoms with Gasteiger partial charge < -0.3 is 14.9 Å². The standard InChI is InChI=1S/C17H12O4/c18-12-8-9-14(15(19)10-12)17(20)21-16-7-3-5-11-4-1-2-6-13(11)16/h1-10,18-19H. The second-order valence-corrected chi connectivity index (χ2v) is 4.57. The highest BCUT2D eigenvalue weighted by atomic mass is 16.5. The lowest BCUT2D eigenvalue weighted by atomic mass is 10.1. The normalized spacial score (nSPS) is 10.5. The number of aromatic hydroxyl groups is 2. The summed E-state index contributed by atoms with van der Waals surface area (Å²) in [6.45, 7) is 0. The van der Waals surface area contributed by atoms with Crippen molar-refractivity contribution in [2.24, 2.45) is 0 Å². The van der Waals surface area contributed by atoms with E-state index in [1.165, 1.54) is 12.1 Å². The molecule has 0 aromatic heterocycles. The maximum absolute atomic E-state index is 12.1. The molecule has 2 N–H and O–H groups in total. The number of phenols is 2. The van der Waals surface area contributed by atoms with Crippen molar-refractivity contribution >= 4 is 16.7 Å². The van der Waals surface area contributed by atoms with Crippen LogP contribution in [0.3, 0.4) is 0 Å². The Morgan fingerprint density at radius 2 is 1.67 bits per heavy atom. The van der Waals surface area contributed by atoms with Crippen molar-refractivity contribution in [1.82, 2.24) is 0 Å². The number of fused-ring (bicyclic) bond motifs is 1. The molecule has 0 aliphatic heterocycles. The van der Waals surface area contributed by atoms with E-state index in [1.54, 1.807) is 12.1 Å². The van der Waals surface area contributed by atoms with Crippen LogP contribution in [-0.4, -0.2) is 16.2 Å². The van der Waals surface area contributed by atoms with E-state index >= 15 is 0 Å². The second kappa shape index (κ2) is 5.17. The molecule has 0 aliphatic rings. The summed E-state index contributed by atoms with van der Waals surface area (Å²) in [6, 6.07) is 16.7. The van der Waals surface area contributed by atoms with Crippen LogP contribution in [0.2, 0.25) is 0 Å². The van der Waals surface area contributed by atoms with Crippen LogP contribution in [0, 0.1) is 0 Å². The molecule has 104 valence electrons. The third kappa shape index (κ3) is 2.51. The smallest absolute Gasteiger partial charge is 0.347 e. The molecule has 0 bridgehead atoms. The highest BCUT2D eigenvalue weighted by molar-refractivity contribution is 5.97. The minimum atomic E-state index is -0.677. The Morgan fingerprint density at radius 3 is 2.48 bits per heavy atom. The molecule has 0 atom stereocenters. The van der Waals surface area contributed by atoms with Crippen LogP contribution in [0.15, 0.2) is 60.7 Å². The number of esters is 1. The van der Waals surface area contributed by atoms with Crippen molar-refractivity contribution in [2.45, 2.75) is 0 Å². The number of carbonyl (C=O) groups is 1. The summed E-state index contributed by atoms with van der Waals surface area (Å²) in [5.74, 6) is -0.691. The average molecular weight is 280 g/mol. The first kappa shape index (κ1) is 13.0. The summed E-state index contributed by atoms with van der Waals surface area (Å²) >= 11 is 0. The monoisotopic (exact) mass is 280 g/mol. The van der Waals surface area contributed by atoms with Crippen molar-refractivity contribution < 1.29 is 19.7 Å². The van der Waals surface area contributed by atoms with Gasteiger partial charge in [-0.1, -0.05) is 36.4 Å². The van der Waals surface area contributed by atoms with Crippen LogP contribution in [0.5, 0.6) is 17.2 Å². The molecule has 3 aromatic rings. The Hall–Kier alpha value is -3.01. The summed E-state index contributed by atoms with van der Waals surface area (Å²) < 4.78 is 5.35. The Labute approximate surface area is 120 Å². The molecule has 0 fully saturated rings. The number of phenolic OH excluding ortho intramolecular Hbond substituents is 2. The first-order valence-corrected chi connectivity index (χ1v) is 6.37. The van der Waals surface area contributed by atoms with Gasteiger partial charge in [-0.15, -0.1) is 0 Å². The van der Waals surface area contributed by atoms with E-state index in [9.17, 15) is 15.0 Å². The maximum Gasteiger partial charge on any atom is 0.347 e. The van der Waals surface area contributed by atoms with Crippen molar-refractivity contribution in [3.63, 3.8) is 0 Å². The quantitative estimate of drug-likeness (QED) is 0.557. The van der Waals surface area contributed by atoms with E-state index in [2.05, 4.69) is 0 Å². The van der Waals surface area contributed by atoms with Crippen molar-refractivity contribution in [3.05, 3.63) is 66.2 Å². The van der Waals surface area contributed by atoms with Crippen LogP contribution in [-0.2, 0) is 0 Å². The zero-order chi connectivity index (χ0) is 14.8. The molecule has 0 radical (unpaired) electrons. The Kier molecular flexibility index (Phi) is 3.20. The molecule has 3 aromatic carbocycles. The largest absolute Gasteiger partial charge is 0.508 e. The van der Waals surface area contributed by atoms with E-state index in [-0.39, 0.29) is 17.1 Å². The SMILES string of the molecule is O=C(Oc1cccc2ccccc12)c1ccc(O)cc1O. The van der Waals surface area contributed by atoms with E-state index in [4.69, 9.17) is 4.74 Å². The molecule has 3 rings (SSSR count). The van der Waals surface area contributed by atoms with Gasteiger partial charge in [0.1, 0.15) is 22.8 Å². The molecule has 0 amide bonds. The van der Waals surface area contributed by atoms with Crippen molar-refractivity contribution in [1.29, 1.82) is 0 Å². The van der Waals surface area contributed by atoms with Gasteiger partial charge in [-0.25, -0.2) is 4.79 Å². The number of hydrogen-bond donors (Lipinski definition) is 2. The fourth-order valence-corrected chi connectivity index (χ4v) is 2.13. The molecule has 21 heavy (non-hydrogen) atoms. The van der Waals surface area contributed by atoms with Crippen LogP contribution >= 0.6 is 0 Å². The fraction of sp³-hybridized carbons (Fsp3) is 0. The molecule has 0 unspecified atom stereocenters. The van der Waals surface area contributed by atoms with Gasteiger partial charge in [0.15, 0.2) is 0 Å². The molecule has 0 heterocycles. The Balaban J connectivity index is 1.97. The highest BCUT2D eigenvalue weighted by Gasteiger charge is 2.15. The van der Waals surface area contributed by atoms with Crippen LogP contribution in [0.25, 0.3) is 10.8 Å². The van der Waals surface area contributed by atoms with Gasteiger partial charge in [-0.05, 0) is 23.6 Å². The van der Waals surface area contributed by atoms with Gasteiger partial charge in [0.05, 0.1) is 0 Å². The predicted octanol–water partition coefficient (Wildman–Crippen LogP) is 3.47. The van der Waals surface area contributed by atoms with E-state index < -0.39 is 5.97 Å². The molecule has 4 heteroatoms. The Bertz CT molecular complexity index is 819. The van der Waals surface area contributed by atoms with Gasteiger partial charge >= 0.3 is 5.97 Å². The lowest BCUT2D eigenvalue weighted by Crippen LogP contribution is -2.08. The summed E-state index contributed by atoms with van der Waals surface area (Å²) in [5, 5.41) is 20.7. The third-order valence-corrected chi connectivity index (χ3v) is 3.15. The number of benzene rings is 3. The molecule has 4 nitrogen and oxygen atoms in total. The van der Waals surface area contributed by atoms with Gasteiger partial charge in [-0.2, -0.15) is 0 Å². The second-order valence-electron chi connectivity index (χ2n) is 4.57. The number of ether oxygens (including phenoxy) is 1. The third-order valence-electron chi connectivity index (χ3n) is 3.15. The first-order valence-electron chi connectivity index (χ1n) is 6.37. The number of rotatable bonds is 2. The molecule has 0 aliphatic carbocycles. The molecular formula is C17H12O4. The lowest BCUT2D eigenvalue weighted by molar-refractivity contribution is 0.0734. The van der Waals surface area contributed by atoms with E-state index in [0.29, 0.717) is 5.75 Å². The number of hydrogen-bond acceptors (Lipinski definition) is 4. The zero-order valence-electron chi connectivity index (χ0n) is 11.0. The van der Waals surface area contributed by atoms with Gasteiger partial charge in [0.2, 0.25) is 0 Å². The molecule has 0 spiro atoms. The van der Waals surface area contributed by atoms with Crippen LogP contribution in [0.4, 0.5) is 0 Å². The molecule has 0 saturated carbocycles. The molecular weight excluding hydrogens is 268 g/mol. The first-order chi connectivity index (χ1) is 10.1. The minimum absolute atomic E-state index is 0.000680. The summed E-state index contributed by atoms with van der Waals surface area (Å²) in [7, 11) is 0. The van der Waals surface area contributed by atoms with Crippen molar-refractivity contribution in [3.8, 4) is 17.2 Å². The van der Waals surface area contributed by atoms with Crippen LogP contribution < -0.4 is 4.74 Å². The highest BCUT2D eigenvalue weighted by Crippen LogP contribution is 2.28. The Morgan fingerprint density at radius 1 is 0.905 bits per heavy atom. The topological polar surface area (TPSA) is 66.8 Å². The fourth-order valence-electron chi connectivity index (χ4n) is 2.13. The molecule has 0 saturated heterocycles. The van der Waals surface area contributed by atoms with Crippen LogP contribution in [0.1, 0.15) is 10.4 Å². The zero-order valence-corrected chi connectivity index (χ0v) is 11.0. The van der Waals surface area contributed by atoms with Crippen molar-refractivity contribution in [2.75, 3.05) is 0 Å². The lowest BCUT2D eigenvalue weighted by Gasteiger charge is -2.08. The minimum Gasteiger partial charge on any atom is -0.508 e. The maximum atomic E-state index is 12.1. The van der Waals surface area contributed by atoms with E-state index in [1.807, 2.05) is 30.3 Å². The van der Waals surface area contributed by atoms with Gasteiger partial charge in [0, 0.05) is 11.5 Å². The van der Waals surface area contributed by atoms with E-state index in [0.717, 1.165) is 16.8 Å². The summed E-state index contributed by atoms with van der Waals surface area (Å²) in [4.78, 5) is 12.1. The van der Waals surface area contributed by atoms with Gasteiger partial charge in [-0.3, -0.25) is 0 Å². The summed E-state index contributed by atoms with van der Waals surface area (Å²) in [5.41, 5.74) is 0.000680. The number of carbonyl (C=O) groups excluding carboxylic acids is 1. The van der Waals surface area contributed by atoms with Gasteiger partial charge in [0.25, 0.3) is 0 Å². The predicted molar refractivity (Wildman–Crippen MR) is 78.7 cm³/mol. The summed E-state index contributed by atoms with van der Waals surface area (Å²) in [6.07, 6.45) is 0.